The van der Waals surface area contributed by atoms with E-state index >= 15 is 0 Å². The summed E-state index contributed by atoms with van der Waals surface area (Å²) < 4.78 is 5.35. The van der Waals surface area contributed by atoms with Crippen molar-refractivity contribution in [3.05, 3.63) is 30.0 Å². The van der Waals surface area contributed by atoms with Crippen LogP contribution in [0.3, 0.4) is 0 Å². The summed E-state index contributed by atoms with van der Waals surface area (Å²) in [6.07, 6.45) is -0.437. The van der Waals surface area contributed by atoms with Crippen molar-refractivity contribution in [1.29, 1.82) is 0 Å². The Morgan fingerprint density at radius 3 is 2.58 bits per heavy atom. The van der Waals surface area contributed by atoms with Gasteiger partial charge in [-0.2, -0.15) is 5.10 Å². The Labute approximate surface area is 140 Å². The molecule has 0 unspecified atom stereocenters. The Hall–Kier alpha value is -2.41. The highest BCUT2D eigenvalue weighted by Crippen LogP contribution is 2.18. The number of amides is 2. The van der Waals surface area contributed by atoms with E-state index in [-0.39, 0.29) is 11.8 Å². The lowest BCUT2D eigenvalue weighted by atomic mass is 10.2. The number of carbonyl (C=O) groups excluding carboxylic acids is 2. The summed E-state index contributed by atoms with van der Waals surface area (Å²) in [7, 11) is 0. The second-order valence-corrected chi connectivity index (χ2v) is 5.83. The van der Waals surface area contributed by atoms with Gasteiger partial charge in [0.1, 0.15) is 6.10 Å². The third kappa shape index (κ3) is 3.12. The molecule has 0 saturated carbocycles. The van der Waals surface area contributed by atoms with Crippen molar-refractivity contribution in [3.8, 4) is 0 Å². The zero-order valence-electron chi connectivity index (χ0n) is 14.0. The van der Waals surface area contributed by atoms with Crippen LogP contribution in [-0.2, 0) is 9.53 Å². The Morgan fingerprint density at radius 2 is 1.88 bits per heavy atom. The molecule has 0 spiro atoms. The van der Waals surface area contributed by atoms with Gasteiger partial charge < -0.3 is 14.5 Å². The number of benzene rings is 1. The molecule has 0 aliphatic carbocycles. The van der Waals surface area contributed by atoms with Crippen molar-refractivity contribution < 1.29 is 14.3 Å². The minimum Gasteiger partial charge on any atom is -0.369 e. The lowest BCUT2D eigenvalue weighted by molar-refractivity contribution is -0.143. The number of rotatable bonds is 4. The molecule has 0 radical (unpaired) electrons. The van der Waals surface area contributed by atoms with Gasteiger partial charge in [0.05, 0.1) is 5.52 Å². The molecule has 0 bridgehead atoms. The van der Waals surface area contributed by atoms with Gasteiger partial charge in [0.2, 0.25) is 0 Å². The molecule has 7 nitrogen and oxygen atoms in total. The highest BCUT2D eigenvalue weighted by molar-refractivity contribution is 6.04. The Morgan fingerprint density at radius 1 is 1.21 bits per heavy atom. The topological polar surface area (TPSA) is 78.5 Å². The first-order valence-corrected chi connectivity index (χ1v) is 8.24. The van der Waals surface area contributed by atoms with Gasteiger partial charge in [-0.05, 0) is 19.9 Å². The maximum Gasteiger partial charge on any atom is 0.275 e. The smallest absolute Gasteiger partial charge is 0.275 e. The third-order valence-corrected chi connectivity index (χ3v) is 4.32. The molecule has 1 saturated heterocycles. The SMILES string of the molecule is CCO[C@H](C)C(=O)N1CCN(C(=O)c2n[nH]c3ccccc23)CC1. The van der Waals surface area contributed by atoms with Gasteiger partial charge in [0.25, 0.3) is 11.8 Å². The van der Waals surface area contributed by atoms with Crippen molar-refractivity contribution in [1.82, 2.24) is 20.0 Å². The highest BCUT2D eigenvalue weighted by atomic mass is 16.5. The number of nitrogens with zero attached hydrogens (tertiary/aromatic N) is 3. The zero-order valence-corrected chi connectivity index (χ0v) is 14.0. The van der Waals surface area contributed by atoms with Gasteiger partial charge >= 0.3 is 0 Å². The average molecular weight is 330 g/mol. The van der Waals surface area contributed by atoms with Crippen LogP contribution in [0.15, 0.2) is 24.3 Å². The third-order valence-electron chi connectivity index (χ3n) is 4.32. The van der Waals surface area contributed by atoms with Crippen LogP contribution in [-0.4, -0.2) is 70.7 Å². The van der Waals surface area contributed by atoms with Crippen LogP contribution in [0.4, 0.5) is 0 Å². The van der Waals surface area contributed by atoms with Crippen LogP contribution in [0.2, 0.25) is 0 Å². The first-order chi connectivity index (χ1) is 11.6. The van der Waals surface area contributed by atoms with E-state index in [1.165, 1.54) is 0 Å². The van der Waals surface area contributed by atoms with E-state index in [9.17, 15) is 9.59 Å². The molecule has 7 heteroatoms. The molecule has 1 fully saturated rings. The lowest BCUT2D eigenvalue weighted by Crippen LogP contribution is -2.52. The highest BCUT2D eigenvalue weighted by Gasteiger charge is 2.29. The number of nitrogens with one attached hydrogen (secondary N) is 1. The number of piperazine rings is 1. The van der Waals surface area contributed by atoms with E-state index in [0.717, 1.165) is 10.9 Å². The van der Waals surface area contributed by atoms with Crippen LogP contribution in [0.5, 0.6) is 0 Å². The van der Waals surface area contributed by atoms with Crippen molar-refractivity contribution in [2.45, 2.75) is 20.0 Å². The van der Waals surface area contributed by atoms with E-state index in [1.54, 1.807) is 16.7 Å². The molecule has 1 atom stereocenters. The van der Waals surface area contributed by atoms with Gasteiger partial charge in [0, 0.05) is 38.2 Å². The number of H-pyrrole nitrogens is 1. The molecule has 1 aliphatic rings. The monoisotopic (exact) mass is 330 g/mol. The zero-order chi connectivity index (χ0) is 17.1. The van der Waals surface area contributed by atoms with Crippen molar-refractivity contribution in [2.24, 2.45) is 0 Å². The Bertz CT molecular complexity index is 734. The van der Waals surface area contributed by atoms with E-state index in [4.69, 9.17) is 4.74 Å². The molecule has 3 rings (SSSR count). The number of hydrogen-bond acceptors (Lipinski definition) is 4. The fraction of sp³-hybridized carbons (Fsp3) is 0.471. The quantitative estimate of drug-likeness (QED) is 0.916. The lowest BCUT2D eigenvalue weighted by Gasteiger charge is -2.35. The summed E-state index contributed by atoms with van der Waals surface area (Å²) in [5.74, 6) is -0.119. The second-order valence-electron chi connectivity index (χ2n) is 5.83. The van der Waals surface area contributed by atoms with Gasteiger partial charge in [-0.25, -0.2) is 0 Å². The Kier molecular flexibility index (Phi) is 4.80. The van der Waals surface area contributed by atoms with Crippen LogP contribution in [0.25, 0.3) is 10.9 Å². The van der Waals surface area contributed by atoms with Gasteiger partial charge in [0.15, 0.2) is 5.69 Å². The molecule has 2 amide bonds. The van der Waals surface area contributed by atoms with Gasteiger partial charge in [-0.1, -0.05) is 18.2 Å². The number of ether oxygens (including phenoxy) is 1. The molecule has 1 aromatic carbocycles. The number of aromatic amines is 1. The largest absolute Gasteiger partial charge is 0.369 e. The first-order valence-electron chi connectivity index (χ1n) is 8.24. The number of hydrogen-bond donors (Lipinski definition) is 1. The van der Waals surface area contributed by atoms with Crippen LogP contribution in [0.1, 0.15) is 24.3 Å². The number of aromatic nitrogens is 2. The minimum absolute atomic E-state index is 0.0193. The van der Waals surface area contributed by atoms with Gasteiger partial charge in [-0.3, -0.25) is 14.7 Å². The van der Waals surface area contributed by atoms with Crippen LogP contribution < -0.4 is 0 Å². The molecular formula is C17H22N4O3. The van der Waals surface area contributed by atoms with E-state index in [2.05, 4.69) is 10.2 Å². The molecule has 1 aromatic heterocycles. The Balaban J connectivity index is 1.64. The number of fused-ring (bicyclic) bond motifs is 1. The maximum absolute atomic E-state index is 12.7. The van der Waals surface area contributed by atoms with Crippen LogP contribution in [0, 0.1) is 0 Å². The summed E-state index contributed by atoms with van der Waals surface area (Å²) in [6.45, 7) is 6.19. The molecule has 2 aromatic rings. The summed E-state index contributed by atoms with van der Waals surface area (Å²) in [5, 5.41) is 7.87. The molecule has 1 N–H and O–H groups in total. The summed E-state index contributed by atoms with van der Waals surface area (Å²) in [5.41, 5.74) is 1.29. The number of para-hydroxylation sites is 1. The normalized spacial score (nSPS) is 16.4. The van der Waals surface area contributed by atoms with Crippen molar-refractivity contribution in [3.63, 3.8) is 0 Å². The first kappa shape index (κ1) is 16.4. The second kappa shape index (κ2) is 7.00. The fourth-order valence-corrected chi connectivity index (χ4v) is 2.98. The summed E-state index contributed by atoms with van der Waals surface area (Å²) >= 11 is 0. The summed E-state index contributed by atoms with van der Waals surface area (Å²) in [4.78, 5) is 28.5. The van der Waals surface area contributed by atoms with E-state index < -0.39 is 6.10 Å². The maximum atomic E-state index is 12.7. The molecule has 2 heterocycles. The molecule has 128 valence electrons. The standard InChI is InChI=1S/C17H22N4O3/c1-3-24-12(2)16(22)20-8-10-21(11-9-20)17(23)15-13-6-4-5-7-14(13)18-19-15/h4-7,12H,3,8-11H2,1-2H3,(H,18,19)/t12-/m1/s1. The van der Waals surface area contributed by atoms with Crippen molar-refractivity contribution in [2.75, 3.05) is 32.8 Å². The van der Waals surface area contributed by atoms with Gasteiger partial charge in [-0.15, -0.1) is 0 Å². The average Bonchev–Trinajstić information content (AvgIpc) is 3.05. The predicted octanol–water partition coefficient (Wildman–Crippen LogP) is 1.27. The van der Waals surface area contributed by atoms with E-state index in [1.807, 2.05) is 31.2 Å². The predicted molar refractivity (Wildman–Crippen MR) is 89.7 cm³/mol. The van der Waals surface area contributed by atoms with Crippen LogP contribution >= 0.6 is 0 Å². The van der Waals surface area contributed by atoms with Crippen molar-refractivity contribution >= 4 is 22.7 Å². The number of carbonyl (C=O) groups is 2. The molecule has 24 heavy (non-hydrogen) atoms. The minimum atomic E-state index is -0.437. The summed E-state index contributed by atoms with van der Waals surface area (Å²) in [6, 6.07) is 7.57. The fourth-order valence-electron chi connectivity index (χ4n) is 2.98. The molecular weight excluding hydrogens is 308 g/mol. The molecule has 1 aliphatic heterocycles. The van der Waals surface area contributed by atoms with E-state index in [0.29, 0.717) is 38.5 Å².